The fourth-order valence-corrected chi connectivity index (χ4v) is 2.58. The Labute approximate surface area is 125 Å². The number of hydrogen-bond donors (Lipinski definition) is 0. The van der Waals surface area contributed by atoms with E-state index < -0.39 is 24.1 Å². The Morgan fingerprint density at radius 1 is 1.04 bits per heavy atom. The molecule has 23 heavy (non-hydrogen) atoms. The van der Waals surface area contributed by atoms with Crippen LogP contribution in [0.15, 0.2) is 12.1 Å². The molecule has 1 atom stereocenters. The van der Waals surface area contributed by atoms with Crippen LogP contribution in [0.1, 0.15) is 18.7 Å². The molecule has 0 aromatic carbocycles. The SMILES string of the molecule is FC(F)(F)c1nnc2ccc(N3CCCC(C(F)(F)F)C3)nn12. The maximum atomic E-state index is 12.8. The first kappa shape index (κ1) is 15.8. The minimum absolute atomic E-state index is 0.00266. The lowest BCUT2D eigenvalue weighted by Gasteiger charge is -2.34. The number of fused-ring (bicyclic) bond motifs is 1. The average molecular weight is 339 g/mol. The van der Waals surface area contributed by atoms with Gasteiger partial charge in [0.25, 0.3) is 5.82 Å². The lowest BCUT2D eigenvalue weighted by molar-refractivity contribution is -0.176. The molecule has 0 N–H and O–H groups in total. The fourth-order valence-electron chi connectivity index (χ4n) is 2.58. The van der Waals surface area contributed by atoms with Crippen LogP contribution in [0.4, 0.5) is 32.2 Å². The quantitative estimate of drug-likeness (QED) is 0.750. The fraction of sp³-hybridized carbons (Fsp3) is 0.583. The Bertz CT molecular complexity index is 706. The van der Waals surface area contributed by atoms with Crippen molar-refractivity contribution in [3.05, 3.63) is 18.0 Å². The Morgan fingerprint density at radius 3 is 2.43 bits per heavy atom. The van der Waals surface area contributed by atoms with Crippen molar-refractivity contribution in [1.82, 2.24) is 19.8 Å². The van der Waals surface area contributed by atoms with Crippen LogP contribution in [0.2, 0.25) is 0 Å². The minimum atomic E-state index is -4.75. The molecule has 1 unspecified atom stereocenters. The maximum Gasteiger partial charge on any atom is 0.453 e. The smallest absolute Gasteiger partial charge is 0.355 e. The molecule has 3 heterocycles. The van der Waals surface area contributed by atoms with Gasteiger partial charge in [-0.15, -0.1) is 15.3 Å². The first-order chi connectivity index (χ1) is 10.7. The van der Waals surface area contributed by atoms with Crippen LogP contribution in [0, 0.1) is 5.92 Å². The molecule has 0 radical (unpaired) electrons. The van der Waals surface area contributed by atoms with Crippen LogP contribution in [0.3, 0.4) is 0 Å². The van der Waals surface area contributed by atoms with Crippen molar-refractivity contribution < 1.29 is 26.3 Å². The van der Waals surface area contributed by atoms with Crippen molar-refractivity contribution in [2.24, 2.45) is 5.92 Å². The van der Waals surface area contributed by atoms with Gasteiger partial charge in [-0.25, -0.2) is 0 Å². The lowest BCUT2D eigenvalue weighted by atomic mass is 9.97. The zero-order valence-corrected chi connectivity index (χ0v) is 11.6. The molecular formula is C12H11F6N5. The summed E-state index contributed by atoms with van der Waals surface area (Å²) in [5, 5.41) is 10.2. The molecule has 3 rings (SSSR count). The van der Waals surface area contributed by atoms with Crippen molar-refractivity contribution in [3.8, 4) is 0 Å². The molecule has 1 saturated heterocycles. The van der Waals surface area contributed by atoms with Crippen LogP contribution in [0.5, 0.6) is 0 Å². The second-order valence-electron chi connectivity index (χ2n) is 5.31. The minimum Gasteiger partial charge on any atom is -0.355 e. The third kappa shape index (κ3) is 3.04. The number of anilines is 1. The van der Waals surface area contributed by atoms with Gasteiger partial charge in [0, 0.05) is 13.1 Å². The van der Waals surface area contributed by atoms with Crippen LogP contribution in [-0.2, 0) is 6.18 Å². The molecule has 1 aliphatic heterocycles. The second kappa shape index (κ2) is 5.24. The zero-order chi connectivity index (χ0) is 16.8. The van der Waals surface area contributed by atoms with Gasteiger partial charge in [0.15, 0.2) is 5.65 Å². The van der Waals surface area contributed by atoms with E-state index in [1.165, 1.54) is 17.0 Å². The molecule has 2 aromatic heterocycles. The lowest BCUT2D eigenvalue weighted by Crippen LogP contribution is -2.42. The van der Waals surface area contributed by atoms with Crippen molar-refractivity contribution in [1.29, 1.82) is 0 Å². The molecule has 0 saturated carbocycles. The highest BCUT2D eigenvalue weighted by Gasteiger charge is 2.42. The molecular weight excluding hydrogens is 328 g/mol. The van der Waals surface area contributed by atoms with E-state index in [1.807, 2.05) is 0 Å². The summed E-state index contributed by atoms with van der Waals surface area (Å²) in [5.74, 6) is -2.78. The van der Waals surface area contributed by atoms with E-state index in [1.54, 1.807) is 0 Å². The predicted octanol–water partition coefficient (Wildman–Crippen LogP) is 2.92. The molecule has 0 bridgehead atoms. The zero-order valence-electron chi connectivity index (χ0n) is 11.6. The summed E-state index contributed by atoms with van der Waals surface area (Å²) in [4.78, 5) is 1.33. The highest BCUT2D eigenvalue weighted by molar-refractivity contribution is 5.46. The highest BCUT2D eigenvalue weighted by Crippen LogP contribution is 2.34. The molecule has 126 valence electrons. The largest absolute Gasteiger partial charge is 0.453 e. The standard InChI is InChI=1S/C12H11F6N5/c13-11(14,15)7-2-1-5-22(6-7)9-4-3-8-19-20-10(12(16,17)18)23(8)21-9/h3-4,7H,1-2,5-6H2. The molecule has 11 heteroatoms. The number of nitrogens with zero attached hydrogens (tertiary/aromatic N) is 5. The van der Waals surface area contributed by atoms with Crippen LogP contribution >= 0.6 is 0 Å². The first-order valence-corrected chi connectivity index (χ1v) is 6.77. The number of halogens is 6. The van der Waals surface area contributed by atoms with Gasteiger partial charge in [-0.05, 0) is 25.0 Å². The van der Waals surface area contributed by atoms with Crippen LogP contribution in [0.25, 0.3) is 5.65 Å². The normalized spacial score (nSPS) is 20.3. The summed E-state index contributed by atoms with van der Waals surface area (Å²) < 4.78 is 77.5. The molecule has 2 aromatic rings. The molecule has 0 spiro atoms. The van der Waals surface area contributed by atoms with Crippen molar-refractivity contribution in [2.75, 3.05) is 18.0 Å². The van der Waals surface area contributed by atoms with E-state index in [-0.39, 0.29) is 30.9 Å². The van der Waals surface area contributed by atoms with E-state index in [0.29, 0.717) is 11.1 Å². The van der Waals surface area contributed by atoms with E-state index in [0.717, 1.165) is 0 Å². The Kier molecular flexibility index (Phi) is 3.60. The Morgan fingerprint density at radius 2 is 1.78 bits per heavy atom. The van der Waals surface area contributed by atoms with E-state index in [4.69, 9.17) is 0 Å². The van der Waals surface area contributed by atoms with Crippen molar-refractivity contribution in [3.63, 3.8) is 0 Å². The number of hydrogen-bond acceptors (Lipinski definition) is 4. The van der Waals surface area contributed by atoms with Gasteiger partial charge in [-0.1, -0.05) is 0 Å². The summed E-state index contributed by atoms with van der Waals surface area (Å²) >= 11 is 0. The predicted molar refractivity (Wildman–Crippen MR) is 66.8 cm³/mol. The molecule has 1 aliphatic rings. The number of alkyl halides is 6. The first-order valence-electron chi connectivity index (χ1n) is 6.77. The van der Waals surface area contributed by atoms with E-state index >= 15 is 0 Å². The summed E-state index contributed by atoms with van der Waals surface area (Å²) in [6, 6.07) is 2.60. The van der Waals surface area contributed by atoms with Gasteiger partial charge in [-0.3, -0.25) is 0 Å². The van der Waals surface area contributed by atoms with Crippen LogP contribution < -0.4 is 4.90 Å². The average Bonchev–Trinajstić information content (AvgIpc) is 2.89. The van der Waals surface area contributed by atoms with Gasteiger partial charge < -0.3 is 4.90 Å². The van der Waals surface area contributed by atoms with Crippen molar-refractivity contribution >= 4 is 11.5 Å². The number of aromatic nitrogens is 4. The summed E-state index contributed by atoms with van der Waals surface area (Å²) in [6.07, 6.45) is -8.79. The number of rotatable bonds is 1. The van der Waals surface area contributed by atoms with Gasteiger partial charge in [0.1, 0.15) is 5.82 Å². The van der Waals surface area contributed by atoms with E-state index in [9.17, 15) is 26.3 Å². The monoisotopic (exact) mass is 339 g/mol. The summed E-state index contributed by atoms with van der Waals surface area (Å²) in [5.41, 5.74) is -0.120. The summed E-state index contributed by atoms with van der Waals surface area (Å²) in [7, 11) is 0. The molecule has 5 nitrogen and oxygen atoms in total. The van der Waals surface area contributed by atoms with Gasteiger partial charge in [-0.2, -0.15) is 30.9 Å². The van der Waals surface area contributed by atoms with Gasteiger partial charge in [0.05, 0.1) is 5.92 Å². The maximum absolute atomic E-state index is 12.8. The molecule has 1 fully saturated rings. The van der Waals surface area contributed by atoms with Gasteiger partial charge >= 0.3 is 12.4 Å². The highest BCUT2D eigenvalue weighted by atomic mass is 19.4. The second-order valence-corrected chi connectivity index (χ2v) is 5.31. The molecule has 0 amide bonds. The van der Waals surface area contributed by atoms with Gasteiger partial charge in [0.2, 0.25) is 0 Å². The Balaban J connectivity index is 1.94. The molecule has 0 aliphatic carbocycles. The van der Waals surface area contributed by atoms with E-state index in [2.05, 4.69) is 15.3 Å². The third-order valence-electron chi connectivity index (χ3n) is 3.71. The summed E-state index contributed by atoms with van der Waals surface area (Å²) in [6.45, 7) is -0.0277. The number of piperidine rings is 1. The third-order valence-corrected chi connectivity index (χ3v) is 3.71. The Hall–Kier alpha value is -2.07. The van der Waals surface area contributed by atoms with Crippen molar-refractivity contribution in [2.45, 2.75) is 25.2 Å². The topological polar surface area (TPSA) is 46.3 Å². The van der Waals surface area contributed by atoms with Crippen LogP contribution in [-0.4, -0.2) is 39.1 Å².